The summed E-state index contributed by atoms with van der Waals surface area (Å²) in [5.74, 6) is 0.394. The highest BCUT2D eigenvalue weighted by molar-refractivity contribution is 7.99. The lowest BCUT2D eigenvalue weighted by molar-refractivity contribution is -0.384. The number of non-ortho nitro benzene ring substituents is 1. The molecule has 1 heterocycles. The van der Waals surface area contributed by atoms with Crippen LogP contribution < -0.4 is 5.43 Å². The Morgan fingerprint density at radius 3 is 2.48 bits per heavy atom. The third kappa shape index (κ3) is 5.49. The molecule has 0 radical (unpaired) electrons. The van der Waals surface area contributed by atoms with E-state index in [4.69, 9.17) is 0 Å². The zero-order valence-electron chi connectivity index (χ0n) is 17.2. The molecular weight excluding hydrogens is 440 g/mol. The molecule has 1 aromatic heterocycles. The molecule has 33 heavy (non-hydrogen) atoms. The van der Waals surface area contributed by atoms with Gasteiger partial charge in [0.1, 0.15) is 0 Å². The van der Waals surface area contributed by atoms with Crippen molar-refractivity contribution in [1.82, 2.24) is 20.2 Å². The van der Waals surface area contributed by atoms with Gasteiger partial charge in [0.05, 0.1) is 16.9 Å². The topological polar surface area (TPSA) is 115 Å². The van der Waals surface area contributed by atoms with Crippen LogP contribution in [-0.4, -0.2) is 37.6 Å². The third-order valence-electron chi connectivity index (χ3n) is 4.50. The minimum atomic E-state index is -0.487. The molecule has 10 heteroatoms. The molecule has 3 aromatic carbocycles. The lowest BCUT2D eigenvalue weighted by Gasteiger charge is -2.10. The number of nitrogens with one attached hydrogen (secondary N) is 1. The first kappa shape index (κ1) is 21.9. The molecule has 9 nitrogen and oxygen atoms in total. The fraction of sp³-hybridized carbons (Fsp3) is 0.0435. The summed E-state index contributed by atoms with van der Waals surface area (Å²) in [5.41, 5.74) is 4.68. The molecule has 4 rings (SSSR count). The Hall–Kier alpha value is -4.31. The van der Waals surface area contributed by atoms with Crippen molar-refractivity contribution < 1.29 is 9.72 Å². The van der Waals surface area contributed by atoms with E-state index in [1.54, 1.807) is 12.1 Å². The minimum Gasteiger partial charge on any atom is -0.272 e. The van der Waals surface area contributed by atoms with Gasteiger partial charge in [0.15, 0.2) is 11.0 Å². The second kappa shape index (κ2) is 10.3. The van der Waals surface area contributed by atoms with Crippen molar-refractivity contribution in [3.05, 3.63) is 101 Å². The number of nitrogens with zero attached hydrogens (tertiary/aromatic N) is 5. The maximum atomic E-state index is 12.3. The second-order valence-corrected chi connectivity index (χ2v) is 7.72. The summed E-state index contributed by atoms with van der Waals surface area (Å²) in [5, 5.41) is 23.9. The molecular formula is C23H18N6O3S. The normalized spacial score (nSPS) is 10.9. The number of hydrazone groups is 1. The van der Waals surface area contributed by atoms with Crippen LogP contribution >= 0.6 is 11.8 Å². The van der Waals surface area contributed by atoms with E-state index in [9.17, 15) is 14.9 Å². The number of amides is 1. The lowest BCUT2D eigenvalue weighted by Crippen LogP contribution is -2.20. The van der Waals surface area contributed by atoms with E-state index in [1.165, 1.54) is 30.1 Å². The molecule has 0 unspecified atom stereocenters. The standard InChI is InChI=1S/C23H18N6O3S/c30-21(25-24-15-17-8-7-13-20(14-17)29(31)32)16-33-23-27-26-22(18-9-3-1-4-10-18)28(23)19-11-5-2-6-12-19/h1-15H,16H2,(H,25,30)/b24-15-. The molecule has 0 saturated carbocycles. The molecule has 164 valence electrons. The zero-order valence-corrected chi connectivity index (χ0v) is 18.1. The quantitative estimate of drug-likeness (QED) is 0.184. The Labute approximate surface area is 193 Å². The Kier molecular flexibility index (Phi) is 6.86. The highest BCUT2D eigenvalue weighted by Gasteiger charge is 2.17. The number of hydrogen-bond donors (Lipinski definition) is 1. The van der Waals surface area contributed by atoms with E-state index in [0.717, 1.165) is 11.3 Å². The Balaban J connectivity index is 1.46. The SMILES string of the molecule is O=C(CSc1nnc(-c2ccccc2)n1-c1ccccc1)N/N=C\c1cccc([N+](=O)[O-])c1. The van der Waals surface area contributed by atoms with Crippen molar-refractivity contribution in [2.45, 2.75) is 5.16 Å². The fourth-order valence-corrected chi connectivity index (χ4v) is 3.75. The van der Waals surface area contributed by atoms with E-state index >= 15 is 0 Å². The predicted molar refractivity (Wildman–Crippen MR) is 126 cm³/mol. The zero-order chi connectivity index (χ0) is 23.0. The molecule has 0 bridgehead atoms. The summed E-state index contributed by atoms with van der Waals surface area (Å²) < 4.78 is 1.90. The van der Waals surface area contributed by atoms with E-state index in [1.807, 2.05) is 65.2 Å². The first-order valence-electron chi connectivity index (χ1n) is 9.87. The van der Waals surface area contributed by atoms with E-state index in [0.29, 0.717) is 16.5 Å². The van der Waals surface area contributed by atoms with Crippen LogP contribution in [0.1, 0.15) is 5.56 Å². The lowest BCUT2D eigenvalue weighted by atomic mass is 10.2. The number of benzene rings is 3. The van der Waals surface area contributed by atoms with Crippen LogP contribution in [0.25, 0.3) is 17.1 Å². The number of nitro groups is 1. The monoisotopic (exact) mass is 458 g/mol. The highest BCUT2D eigenvalue weighted by atomic mass is 32.2. The number of para-hydroxylation sites is 1. The van der Waals surface area contributed by atoms with Gasteiger partial charge in [0, 0.05) is 28.9 Å². The van der Waals surface area contributed by atoms with Crippen LogP contribution in [0.15, 0.2) is 95.2 Å². The molecule has 0 aliphatic heterocycles. The number of carbonyl (C=O) groups is 1. The summed E-state index contributed by atoms with van der Waals surface area (Å²) in [6.07, 6.45) is 1.36. The molecule has 1 N–H and O–H groups in total. The largest absolute Gasteiger partial charge is 0.272 e. The number of rotatable bonds is 8. The van der Waals surface area contributed by atoms with Gasteiger partial charge in [-0.15, -0.1) is 10.2 Å². The summed E-state index contributed by atoms with van der Waals surface area (Å²) in [7, 11) is 0. The van der Waals surface area contributed by atoms with Gasteiger partial charge in [-0.2, -0.15) is 5.10 Å². The second-order valence-electron chi connectivity index (χ2n) is 6.78. The average Bonchev–Trinajstić information content (AvgIpc) is 3.28. The van der Waals surface area contributed by atoms with Crippen molar-refractivity contribution in [2.24, 2.45) is 5.10 Å². The summed E-state index contributed by atoms with van der Waals surface area (Å²) in [4.78, 5) is 22.7. The number of aromatic nitrogens is 3. The number of thioether (sulfide) groups is 1. The predicted octanol–water partition coefficient (Wildman–Crippen LogP) is 4.08. The summed E-state index contributed by atoms with van der Waals surface area (Å²) in [6, 6.07) is 25.3. The van der Waals surface area contributed by atoms with Crippen molar-refractivity contribution in [2.75, 3.05) is 5.75 Å². The number of hydrogen-bond acceptors (Lipinski definition) is 7. The number of carbonyl (C=O) groups excluding carboxylic acids is 1. The van der Waals surface area contributed by atoms with E-state index in [-0.39, 0.29) is 17.3 Å². The van der Waals surface area contributed by atoms with Crippen LogP contribution in [0, 0.1) is 10.1 Å². The van der Waals surface area contributed by atoms with Crippen LogP contribution in [0.2, 0.25) is 0 Å². The highest BCUT2D eigenvalue weighted by Crippen LogP contribution is 2.27. The summed E-state index contributed by atoms with van der Waals surface area (Å²) >= 11 is 1.23. The van der Waals surface area contributed by atoms with Gasteiger partial charge in [-0.3, -0.25) is 19.5 Å². The van der Waals surface area contributed by atoms with Crippen LogP contribution in [0.4, 0.5) is 5.69 Å². The smallest absolute Gasteiger partial charge is 0.270 e. The molecule has 1 amide bonds. The van der Waals surface area contributed by atoms with E-state index < -0.39 is 4.92 Å². The van der Waals surface area contributed by atoms with Gasteiger partial charge in [-0.05, 0) is 12.1 Å². The third-order valence-corrected chi connectivity index (χ3v) is 5.42. The van der Waals surface area contributed by atoms with Gasteiger partial charge < -0.3 is 0 Å². The van der Waals surface area contributed by atoms with Crippen molar-refractivity contribution in [3.8, 4) is 17.1 Å². The average molecular weight is 459 g/mol. The maximum absolute atomic E-state index is 12.3. The summed E-state index contributed by atoms with van der Waals surface area (Å²) in [6.45, 7) is 0. The van der Waals surface area contributed by atoms with Crippen molar-refractivity contribution in [3.63, 3.8) is 0 Å². The van der Waals surface area contributed by atoms with E-state index in [2.05, 4.69) is 20.7 Å². The Morgan fingerprint density at radius 2 is 1.76 bits per heavy atom. The van der Waals surface area contributed by atoms with Crippen molar-refractivity contribution in [1.29, 1.82) is 0 Å². The fourth-order valence-electron chi connectivity index (χ4n) is 3.01. The first-order chi connectivity index (χ1) is 16.1. The first-order valence-corrected chi connectivity index (χ1v) is 10.9. The molecule has 4 aromatic rings. The van der Waals surface area contributed by atoms with Gasteiger partial charge in [0.2, 0.25) is 0 Å². The van der Waals surface area contributed by atoms with Gasteiger partial charge in [0.25, 0.3) is 11.6 Å². The number of nitro benzene ring substituents is 1. The van der Waals surface area contributed by atoms with Gasteiger partial charge in [-0.1, -0.05) is 72.4 Å². The maximum Gasteiger partial charge on any atom is 0.270 e. The molecule has 0 fully saturated rings. The van der Waals surface area contributed by atoms with Crippen LogP contribution in [0.3, 0.4) is 0 Å². The molecule has 0 saturated heterocycles. The van der Waals surface area contributed by atoms with Gasteiger partial charge >= 0.3 is 0 Å². The Morgan fingerprint density at radius 1 is 1.03 bits per heavy atom. The molecule has 0 spiro atoms. The van der Waals surface area contributed by atoms with Crippen LogP contribution in [0.5, 0.6) is 0 Å². The molecule has 0 aliphatic carbocycles. The molecule has 0 atom stereocenters. The van der Waals surface area contributed by atoms with Crippen LogP contribution in [-0.2, 0) is 4.79 Å². The minimum absolute atomic E-state index is 0.0460. The Bertz CT molecular complexity index is 1290. The van der Waals surface area contributed by atoms with Gasteiger partial charge in [-0.25, -0.2) is 5.43 Å². The van der Waals surface area contributed by atoms with Crippen molar-refractivity contribution >= 4 is 29.6 Å². The molecule has 0 aliphatic rings.